The van der Waals surface area contributed by atoms with Crippen molar-refractivity contribution < 1.29 is 0 Å². The molecule has 0 spiro atoms. The van der Waals surface area contributed by atoms with E-state index in [1.165, 1.54) is 30.4 Å². The summed E-state index contributed by atoms with van der Waals surface area (Å²) in [6.07, 6.45) is 6.95. The van der Waals surface area contributed by atoms with Crippen molar-refractivity contribution >= 4 is 0 Å². The molecule has 0 amide bonds. The fraction of sp³-hybridized carbons (Fsp3) is 0.368. The van der Waals surface area contributed by atoms with Crippen LogP contribution in [0.4, 0.5) is 0 Å². The van der Waals surface area contributed by atoms with E-state index in [-0.39, 0.29) is 0 Å². The summed E-state index contributed by atoms with van der Waals surface area (Å²) in [6.45, 7) is 0. The molecule has 2 heteroatoms. The monoisotopic (exact) mass is 280 g/mol. The highest BCUT2D eigenvalue weighted by atomic mass is 15.2. The molecule has 0 heterocycles. The summed E-state index contributed by atoms with van der Waals surface area (Å²) in [5.41, 5.74) is 8.87. The average Bonchev–Trinajstić information content (AvgIpc) is 3.00. The first kappa shape index (κ1) is 14.3. The molecule has 0 radical (unpaired) electrons. The number of fused-ring (bicyclic) bond motifs is 1. The molecule has 2 aromatic rings. The minimum atomic E-state index is 0.338. The van der Waals surface area contributed by atoms with Crippen LogP contribution in [-0.4, -0.2) is 6.04 Å². The Morgan fingerprint density at radius 2 is 1.76 bits per heavy atom. The molecule has 0 aromatic heterocycles. The Morgan fingerprint density at radius 1 is 0.952 bits per heavy atom. The molecule has 3 N–H and O–H groups in total. The maximum atomic E-state index is 5.75. The van der Waals surface area contributed by atoms with Crippen LogP contribution >= 0.6 is 0 Å². The van der Waals surface area contributed by atoms with E-state index in [0.717, 1.165) is 19.3 Å². The van der Waals surface area contributed by atoms with Gasteiger partial charge in [-0.15, -0.1) is 0 Å². The normalized spacial score (nSPS) is 14.9. The molecule has 0 saturated heterocycles. The summed E-state index contributed by atoms with van der Waals surface area (Å²) in [4.78, 5) is 0. The predicted molar refractivity (Wildman–Crippen MR) is 88.0 cm³/mol. The average molecular weight is 280 g/mol. The zero-order valence-electron chi connectivity index (χ0n) is 12.5. The second kappa shape index (κ2) is 6.88. The maximum absolute atomic E-state index is 5.75. The van der Waals surface area contributed by atoms with Gasteiger partial charge in [0.2, 0.25) is 0 Å². The van der Waals surface area contributed by atoms with Crippen molar-refractivity contribution in [3.05, 3.63) is 70.8 Å². The second-order valence-corrected chi connectivity index (χ2v) is 6.05. The largest absolute Gasteiger partial charge is 0.271 e. The molecular formula is C19H24N2. The van der Waals surface area contributed by atoms with E-state index in [0.29, 0.717) is 6.04 Å². The van der Waals surface area contributed by atoms with Gasteiger partial charge in [0.15, 0.2) is 0 Å². The fourth-order valence-corrected chi connectivity index (χ4v) is 3.27. The van der Waals surface area contributed by atoms with E-state index < -0.39 is 0 Å². The van der Waals surface area contributed by atoms with Crippen LogP contribution in [0.2, 0.25) is 0 Å². The number of benzene rings is 2. The van der Waals surface area contributed by atoms with Crippen molar-refractivity contribution in [1.82, 2.24) is 5.43 Å². The Hall–Kier alpha value is -1.64. The number of hydrazine groups is 1. The van der Waals surface area contributed by atoms with Crippen LogP contribution in [0.15, 0.2) is 48.5 Å². The lowest BCUT2D eigenvalue weighted by atomic mass is 9.97. The van der Waals surface area contributed by atoms with E-state index in [1.807, 2.05) is 0 Å². The van der Waals surface area contributed by atoms with E-state index in [4.69, 9.17) is 5.84 Å². The summed E-state index contributed by atoms with van der Waals surface area (Å²) in [7, 11) is 0. The van der Waals surface area contributed by atoms with Gasteiger partial charge in [-0.3, -0.25) is 11.3 Å². The predicted octanol–water partition coefficient (Wildman–Crippen LogP) is 3.18. The van der Waals surface area contributed by atoms with Gasteiger partial charge in [0.25, 0.3) is 0 Å². The third kappa shape index (κ3) is 3.72. The van der Waals surface area contributed by atoms with Crippen molar-refractivity contribution in [2.24, 2.45) is 5.84 Å². The van der Waals surface area contributed by atoms with E-state index in [1.54, 1.807) is 11.1 Å². The highest BCUT2D eigenvalue weighted by molar-refractivity contribution is 5.35. The Balaban J connectivity index is 1.59. The van der Waals surface area contributed by atoms with Crippen molar-refractivity contribution in [3.63, 3.8) is 0 Å². The lowest BCUT2D eigenvalue weighted by molar-refractivity contribution is 0.491. The summed E-state index contributed by atoms with van der Waals surface area (Å²) in [5, 5.41) is 0. The molecule has 1 unspecified atom stereocenters. The van der Waals surface area contributed by atoms with Crippen LogP contribution in [-0.2, 0) is 25.7 Å². The number of nitrogens with one attached hydrogen (secondary N) is 1. The Bertz CT molecular complexity index is 577. The number of nitrogens with two attached hydrogens (primary N) is 1. The van der Waals surface area contributed by atoms with Crippen LogP contribution in [0.5, 0.6) is 0 Å². The maximum Gasteiger partial charge on any atom is 0.0254 e. The van der Waals surface area contributed by atoms with Crippen molar-refractivity contribution in [2.75, 3.05) is 0 Å². The number of rotatable bonds is 6. The number of hydrogen-bond acceptors (Lipinski definition) is 2. The summed E-state index contributed by atoms with van der Waals surface area (Å²) >= 11 is 0. The molecule has 2 aromatic carbocycles. The SMILES string of the molecule is NNC(CCc1ccccc1)Cc1ccc2c(c1)CCC2. The molecule has 0 saturated carbocycles. The van der Waals surface area contributed by atoms with Crippen molar-refractivity contribution in [1.29, 1.82) is 0 Å². The zero-order valence-corrected chi connectivity index (χ0v) is 12.5. The zero-order chi connectivity index (χ0) is 14.5. The standard InChI is InChI=1S/C19H24N2/c20-21-19(12-10-15-5-2-1-3-6-15)14-16-9-11-17-7-4-8-18(17)13-16/h1-3,5-6,9,11,13,19,21H,4,7-8,10,12,14,20H2. The van der Waals surface area contributed by atoms with Gasteiger partial charge in [0.1, 0.15) is 0 Å². The van der Waals surface area contributed by atoms with Crippen molar-refractivity contribution in [2.45, 2.75) is 44.6 Å². The third-order valence-corrected chi connectivity index (χ3v) is 4.51. The summed E-state index contributed by atoms with van der Waals surface area (Å²) in [6, 6.07) is 17.9. The molecule has 1 aliphatic rings. The second-order valence-electron chi connectivity index (χ2n) is 6.05. The van der Waals surface area contributed by atoms with Gasteiger partial charge >= 0.3 is 0 Å². The third-order valence-electron chi connectivity index (χ3n) is 4.51. The molecule has 0 aliphatic heterocycles. The topological polar surface area (TPSA) is 38.0 Å². The fourth-order valence-electron chi connectivity index (χ4n) is 3.27. The van der Waals surface area contributed by atoms with E-state index in [9.17, 15) is 0 Å². The molecule has 0 bridgehead atoms. The Kier molecular flexibility index (Phi) is 4.69. The van der Waals surface area contributed by atoms with Gasteiger partial charge in [0, 0.05) is 6.04 Å². The lowest BCUT2D eigenvalue weighted by Gasteiger charge is -2.16. The van der Waals surface area contributed by atoms with Crippen LogP contribution < -0.4 is 11.3 Å². The summed E-state index contributed by atoms with van der Waals surface area (Å²) < 4.78 is 0. The van der Waals surface area contributed by atoms with E-state index in [2.05, 4.69) is 54.0 Å². The number of hydrogen-bond donors (Lipinski definition) is 2. The highest BCUT2D eigenvalue weighted by Crippen LogP contribution is 2.23. The van der Waals surface area contributed by atoms with Crippen LogP contribution in [0.25, 0.3) is 0 Å². The van der Waals surface area contributed by atoms with Gasteiger partial charge in [-0.25, -0.2) is 0 Å². The minimum Gasteiger partial charge on any atom is -0.271 e. The molecule has 3 rings (SSSR count). The molecule has 1 atom stereocenters. The van der Waals surface area contributed by atoms with Gasteiger partial charge in [-0.2, -0.15) is 0 Å². The lowest BCUT2D eigenvalue weighted by Crippen LogP contribution is -2.37. The first-order valence-corrected chi connectivity index (χ1v) is 7.96. The van der Waals surface area contributed by atoms with Crippen molar-refractivity contribution in [3.8, 4) is 0 Å². The highest BCUT2D eigenvalue weighted by Gasteiger charge is 2.13. The molecule has 0 fully saturated rings. The van der Waals surface area contributed by atoms with Gasteiger partial charge < -0.3 is 0 Å². The molecular weight excluding hydrogens is 256 g/mol. The Labute approximate surface area is 127 Å². The minimum absolute atomic E-state index is 0.338. The molecule has 21 heavy (non-hydrogen) atoms. The van der Waals surface area contributed by atoms with Crippen LogP contribution in [0.1, 0.15) is 35.1 Å². The molecule has 1 aliphatic carbocycles. The summed E-state index contributed by atoms with van der Waals surface area (Å²) in [5.74, 6) is 5.75. The van der Waals surface area contributed by atoms with Crippen LogP contribution in [0, 0.1) is 0 Å². The number of aryl methyl sites for hydroxylation is 3. The van der Waals surface area contributed by atoms with Crippen LogP contribution in [0.3, 0.4) is 0 Å². The van der Waals surface area contributed by atoms with Gasteiger partial charge in [-0.05, 0) is 60.8 Å². The van der Waals surface area contributed by atoms with E-state index >= 15 is 0 Å². The van der Waals surface area contributed by atoms with Gasteiger partial charge in [0.05, 0.1) is 0 Å². The quantitative estimate of drug-likeness (QED) is 0.630. The molecule has 2 nitrogen and oxygen atoms in total. The smallest absolute Gasteiger partial charge is 0.0254 e. The first-order chi connectivity index (χ1) is 10.3. The molecule has 110 valence electrons. The Morgan fingerprint density at radius 3 is 2.57 bits per heavy atom. The first-order valence-electron chi connectivity index (χ1n) is 7.96. The van der Waals surface area contributed by atoms with Gasteiger partial charge in [-0.1, -0.05) is 48.5 Å².